The van der Waals surface area contributed by atoms with Gasteiger partial charge < -0.3 is 16.0 Å². The molecule has 4 rings (SSSR count). The predicted molar refractivity (Wildman–Crippen MR) is 187 cm³/mol. The molecule has 3 amide bonds. The van der Waals surface area contributed by atoms with Gasteiger partial charge in [-0.15, -0.1) is 0 Å². The highest BCUT2D eigenvalue weighted by Gasteiger charge is 2.35. The summed E-state index contributed by atoms with van der Waals surface area (Å²) in [5.41, 5.74) is 2.66. The Balaban J connectivity index is 1.45. The van der Waals surface area contributed by atoms with Gasteiger partial charge in [-0.05, 0) is 129 Å². The number of carbonyl (C=O) groups is 3. The van der Waals surface area contributed by atoms with Crippen LogP contribution in [-0.4, -0.2) is 17.7 Å². The van der Waals surface area contributed by atoms with Gasteiger partial charge in [-0.1, -0.05) is 62.3 Å². The Bertz CT molecular complexity index is 1020. The molecule has 1 aromatic carbocycles. The number of hydrogen-bond donors (Lipinski definition) is 3. The average molecular weight is 622 g/mol. The summed E-state index contributed by atoms with van der Waals surface area (Å²) >= 11 is 0. The quantitative estimate of drug-likeness (QED) is 0.295. The molecule has 3 saturated carbocycles. The van der Waals surface area contributed by atoms with Gasteiger partial charge in [0.15, 0.2) is 0 Å². The summed E-state index contributed by atoms with van der Waals surface area (Å²) in [6.07, 6.45) is 11.7. The maximum atomic E-state index is 13.4. The largest absolute Gasteiger partial charge is 0.326 e. The SMILES string of the molecule is CC(C)(C)[C@H]1CC[C@@H](C(=O)Nc2cc(NC(=O)[C@H]3CC[C@H](C(C)(C)C)CC3)cc(NC(=O)[C@H]3CC[C@H](C(C)(C)C)CC3)c2)CC1. The lowest BCUT2D eigenvalue weighted by molar-refractivity contribution is -0.122. The van der Waals surface area contributed by atoms with E-state index in [0.29, 0.717) is 34.8 Å². The predicted octanol–water partition coefficient (Wildman–Crippen LogP) is 10.1. The van der Waals surface area contributed by atoms with Crippen LogP contribution in [0.4, 0.5) is 17.1 Å². The van der Waals surface area contributed by atoms with Gasteiger partial charge in [0, 0.05) is 34.8 Å². The first-order chi connectivity index (χ1) is 20.9. The molecule has 45 heavy (non-hydrogen) atoms. The van der Waals surface area contributed by atoms with E-state index in [2.05, 4.69) is 78.3 Å². The van der Waals surface area contributed by atoms with Gasteiger partial charge in [-0.25, -0.2) is 0 Å². The van der Waals surface area contributed by atoms with E-state index in [1.54, 1.807) is 0 Å². The minimum atomic E-state index is -0.0177. The molecular formula is C39H63N3O3. The summed E-state index contributed by atoms with van der Waals surface area (Å²) in [5, 5.41) is 9.46. The van der Waals surface area contributed by atoms with Crippen LogP contribution in [0.5, 0.6) is 0 Å². The van der Waals surface area contributed by atoms with E-state index >= 15 is 0 Å². The third-order valence-electron chi connectivity index (χ3n) is 11.7. The summed E-state index contributed by atoms with van der Waals surface area (Å²) in [4.78, 5) is 40.3. The third kappa shape index (κ3) is 9.81. The molecule has 0 unspecified atom stereocenters. The van der Waals surface area contributed by atoms with Crippen molar-refractivity contribution in [1.29, 1.82) is 0 Å². The van der Waals surface area contributed by atoms with Crippen molar-refractivity contribution >= 4 is 34.8 Å². The van der Waals surface area contributed by atoms with E-state index in [1.165, 1.54) is 0 Å². The van der Waals surface area contributed by atoms with Crippen LogP contribution in [0, 0.1) is 51.8 Å². The second-order valence-electron chi connectivity index (χ2n) is 18.0. The lowest BCUT2D eigenvalue weighted by Gasteiger charge is -2.36. The van der Waals surface area contributed by atoms with Crippen molar-refractivity contribution < 1.29 is 14.4 Å². The molecule has 3 fully saturated rings. The van der Waals surface area contributed by atoms with Crippen LogP contribution in [0.1, 0.15) is 139 Å². The highest BCUT2D eigenvalue weighted by atomic mass is 16.2. The van der Waals surface area contributed by atoms with Crippen molar-refractivity contribution in [3.63, 3.8) is 0 Å². The van der Waals surface area contributed by atoms with Gasteiger partial charge in [0.1, 0.15) is 0 Å². The molecule has 0 spiro atoms. The Kier molecular flexibility index (Phi) is 11.2. The highest BCUT2D eigenvalue weighted by Crippen LogP contribution is 2.42. The summed E-state index contributed by atoms with van der Waals surface area (Å²) in [6.45, 7) is 20.6. The molecule has 6 heteroatoms. The number of hydrogen-bond acceptors (Lipinski definition) is 3. The van der Waals surface area contributed by atoms with E-state index in [0.717, 1.165) is 77.0 Å². The van der Waals surface area contributed by atoms with Crippen molar-refractivity contribution in [1.82, 2.24) is 0 Å². The molecular weight excluding hydrogens is 558 g/mol. The molecule has 3 N–H and O–H groups in total. The van der Waals surface area contributed by atoms with Crippen molar-refractivity contribution in [2.24, 2.45) is 51.8 Å². The van der Waals surface area contributed by atoms with E-state index in [1.807, 2.05) is 18.2 Å². The van der Waals surface area contributed by atoms with Gasteiger partial charge >= 0.3 is 0 Å². The fourth-order valence-corrected chi connectivity index (χ4v) is 8.24. The standard InChI is InChI=1S/C39H63N3O3/c1-37(2,3)28-16-10-25(11-17-28)34(43)40-31-22-32(41-35(44)26-12-18-29(19-13-26)38(4,5)6)24-33(23-31)42-36(45)27-14-20-30(21-15-27)39(7,8)9/h22-30H,10-21H2,1-9H3,(H,40,43)(H,41,44)(H,42,45)/t25-,26-,27-,28-,29-,30+. The first-order valence-electron chi connectivity index (χ1n) is 18.0. The minimum Gasteiger partial charge on any atom is -0.326 e. The van der Waals surface area contributed by atoms with Gasteiger partial charge in [0.05, 0.1) is 0 Å². The van der Waals surface area contributed by atoms with Gasteiger partial charge in [0.2, 0.25) is 17.7 Å². The van der Waals surface area contributed by atoms with Crippen LogP contribution in [-0.2, 0) is 14.4 Å². The molecule has 0 radical (unpaired) electrons. The molecule has 3 aliphatic rings. The van der Waals surface area contributed by atoms with Crippen molar-refractivity contribution in [2.75, 3.05) is 16.0 Å². The molecule has 0 aromatic heterocycles. The van der Waals surface area contributed by atoms with Crippen LogP contribution >= 0.6 is 0 Å². The fourth-order valence-electron chi connectivity index (χ4n) is 8.24. The smallest absolute Gasteiger partial charge is 0.227 e. The number of nitrogens with one attached hydrogen (secondary N) is 3. The monoisotopic (exact) mass is 621 g/mol. The Morgan fingerprint density at radius 3 is 0.800 bits per heavy atom. The van der Waals surface area contributed by atoms with Gasteiger partial charge in [-0.2, -0.15) is 0 Å². The number of amides is 3. The lowest BCUT2D eigenvalue weighted by atomic mass is 9.69. The molecule has 0 heterocycles. The average Bonchev–Trinajstić information content (AvgIpc) is 2.96. The van der Waals surface area contributed by atoms with Gasteiger partial charge in [-0.3, -0.25) is 14.4 Å². The minimum absolute atomic E-state index is 0.0177. The van der Waals surface area contributed by atoms with Crippen molar-refractivity contribution in [3.05, 3.63) is 18.2 Å². The summed E-state index contributed by atoms with van der Waals surface area (Å²) in [5.74, 6) is 1.96. The van der Waals surface area contributed by atoms with Crippen LogP contribution in [0.3, 0.4) is 0 Å². The Hall–Kier alpha value is -2.37. The van der Waals surface area contributed by atoms with E-state index < -0.39 is 0 Å². The van der Waals surface area contributed by atoms with Crippen LogP contribution < -0.4 is 16.0 Å². The van der Waals surface area contributed by atoms with E-state index in [9.17, 15) is 14.4 Å². The Labute approximate surface area is 274 Å². The fraction of sp³-hybridized carbons (Fsp3) is 0.769. The second kappa shape index (κ2) is 14.2. The zero-order chi connectivity index (χ0) is 33.2. The molecule has 0 aliphatic heterocycles. The molecule has 3 aliphatic carbocycles. The zero-order valence-electron chi connectivity index (χ0n) is 29.9. The normalized spacial score (nSPS) is 28.2. The molecule has 0 bridgehead atoms. The van der Waals surface area contributed by atoms with Crippen LogP contribution in [0.25, 0.3) is 0 Å². The maximum absolute atomic E-state index is 13.4. The third-order valence-corrected chi connectivity index (χ3v) is 11.7. The highest BCUT2D eigenvalue weighted by molar-refractivity contribution is 5.99. The number of anilines is 3. The first kappa shape index (κ1) is 35.5. The number of rotatable bonds is 6. The zero-order valence-corrected chi connectivity index (χ0v) is 29.9. The second-order valence-corrected chi connectivity index (χ2v) is 18.0. The first-order valence-corrected chi connectivity index (χ1v) is 18.0. The summed E-state index contributed by atoms with van der Waals surface area (Å²) in [7, 11) is 0. The Morgan fingerprint density at radius 1 is 0.422 bits per heavy atom. The van der Waals surface area contributed by atoms with Gasteiger partial charge in [0.25, 0.3) is 0 Å². The summed E-state index contributed by atoms with van der Waals surface area (Å²) in [6, 6.07) is 5.55. The summed E-state index contributed by atoms with van der Waals surface area (Å²) < 4.78 is 0. The molecule has 252 valence electrons. The van der Waals surface area contributed by atoms with Crippen molar-refractivity contribution in [3.8, 4) is 0 Å². The topological polar surface area (TPSA) is 87.3 Å². The molecule has 0 saturated heterocycles. The van der Waals surface area contributed by atoms with Crippen LogP contribution in [0.2, 0.25) is 0 Å². The lowest BCUT2D eigenvalue weighted by Crippen LogP contribution is -2.32. The molecule has 6 nitrogen and oxygen atoms in total. The molecule has 1 aromatic rings. The maximum Gasteiger partial charge on any atom is 0.227 e. The molecule has 0 atom stereocenters. The van der Waals surface area contributed by atoms with E-state index in [-0.39, 0.29) is 51.7 Å². The van der Waals surface area contributed by atoms with Crippen LogP contribution in [0.15, 0.2) is 18.2 Å². The number of benzene rings is 1. The van der Waals surface area contributed by atoms with E-state index in [4.69, 9.17) is 0 Å². The Morgan fingerprint density at radius 2 is 0.622 bits per heavy atom. The van der Waals surface area contributed by atoms with Crippen molar-refractivity contribution in [2.45, 2.75) is 139 Å². The number of carbonyl (C=O) groups excluding carboxylic acids is 3.